The molecule has 2 aromatic carbocycles. The molecule has 2 unspecified atom stereocenters. The van der Waals surface area contributed by atoms with Crippen LogP contribution < -0.4 is 10.6 Å². The highest BCUT2D eigenvalue weighted by molar-refractivity contribution is 6.21. The fourth-order valence-corrected chi connectivity index (χ4v) is 5.45. The molecule has 4 atom stereocenters. The first-order valence-electron chi connectivity index (χ1n) is 11.9. The van der Waals surface area contributed by atoms with E-state index in [0.29, 0.717) is 35.2 Å². The van der Waals surface area contributed by atoms with Crippen LogP contribution in [0.1, 0.15) is 55.8 Å². The first-order chi connectivity index (χ1) is 16.3. The fraction of sp³-hybridized carbons (Fsp3) is 0.407. The molecule has 2 aromatic rings. The molecule has 1 aliphatic carbocycles. The molecule has 3 aliphatic rings. The summed E-state index contributed by atoms with van der Waals surface area (Å²) in [6, 6.07) is 10.5. The Bertz CT molecular complexity index is 1170. The third-order valence-electron chi connectivity index (χ3n) is 7.48. The molecule has 178 valence electrons. The molecule has 1 saturated heterocycles. The Morgan fingerprint density at radius 1 is 1.21 bits per heavy atom. The van der Waals surface area contributed by atoms with Crippen molar-refractivity contribution in [3.63, 3.8) is 0 Å². The van der Waals surface area contributed by atoms with Gasteiger partial charge in [0.2, 0.25) is 0 Å². The Morgan fingerprint density at radius 2 is 1.97 bits per heavy atom. The van der Waals surface area contributed by atoms with Gasteiger partial charge in [-0.05, 0) is 62.6 Å². The van der Waals surface area contributed by atoms with Gasteiger partial charge in [-0.15, -0.1) is 0 Å². The zero-order chi connectivity index (χ0) is 24.0. The van der Waals surface area contributed by atoms with E-state index in [4.69, 9.17) is 0 Å². The number of halogens is 2. The number of nitrogens with zero attached hydrogens (tertiary/aromatic N) is 1. The minimum Gasteiger partial charge on any atom is -0.366 e. The average molecular weight is 466 g/mol. The van der Waals surface area contributed by atoms with Gasteiger partial charge in [0.25, 0.3) is 5.91 Å². The fourth-order valence-electron chi connectivity index (χ4n) is 5.45. The van der Waals surface area contributed by atoms with Gasteiger partial charge in [0, 0.05) is 42.2 Å². The number of ketones is 1. The predicted molar refractivity (Wildman–Crippen MR) is 125 cm³/mol. The van der Waals surface area contributed by atoms with Gasteiger partial charge in [-0.3, -0.25) is 9.59 Å². The summed E-state index contributed by atoms with van der Waals surface area (Å²) in [5.41, 5.74) is 2.79. The van der Waals surface area contributed by atoms with E-state index < -0.39 is 11.9 Å². The lowest BCUT2D eigenvalue weighted by Crippen LogP contribution is -2.47. The number of hydrogen-bond donors (Lipinski definition) is 2. The number of carbonyl (C=O) groups is 2. The average Bonchev–Trinajstić information content (AvgIpc) is 3.29. The lowest BCUT2D eigenvalue weighted by Gasteiger charge is -2.40. The molecule has 1 saturated carbocycles. The van der Waals surface area contributed by atoms with Crippen molar-refractivity contribution in [1.82, 2.24) is 15.5 Å². The summed E-state index contributed by atoms with van der Waals surface area (Å²) < 4.78 is 28.9. The van der Waals surface area contributed by atoms with Crippen LogP contribution in [-0.2, 0) is 16.1 Å². The zero-order valence-corrected chi connectivity index (χ0v) is 19.4. The Balaban J connectivity index is 1.52. The smallest absolute Gasteiger partial charge is 0.254 e. The summed E-state index contributed by atoms with van der Waals surface area (Å²) in [5.74, 6) is -1.48. The van der Waals surface area contributed by atoms with E-state index in [1.165, 1.54) is 18.2 Å². The summed E-state index contributed by atoms with van der Waals surface area (Å²) in [4.78, 5) is 27.9. The quantitative estimate of drug-likeness (QED) is 0.675. The van der Waals surface area contributed by atoms with E-state index in [1.54, 1.807) is 24.3 Å². The maximum Gasteiger partial charge on any atom is 0.254 e. The number of allylic oxidation sites excluding steroid dienone is 1. The second kappa shape index (κ2) is 8.95. The van der Waals surface area contributed by atoms with Crippen molar-refractivity contribution in [2.24, 2.45) is 5.92 Å². The number of nitrogens with one attached hydrogen (secondary N) is 2. The molecular formula is C27H29F2N3O2. The molecule has 0 spiro atoms. The maximum atomic E-state index is 14.9. The highest BCUT2D eigenvalue weighted by Crippen LogP contribution is 2.40. The number of hydrogen-bond acceptors (Lipinski definition) is 4. The minimum atomic E-state index is -0.627. The van der Waals surface area contributed by atoms with Crippen molar-refractivity contribution in [3.8, 4) is 0 Å². The number of fused-ring (bicyclic) bond motifs is 1. The minimum absolute atomic E-state index is 0.0397. The highest BCUT2D eigenvalue weighted by Gasteiger charge is 2.44. The first kappa shape index (κ1) is 22.7. The second-order valence-corrected chi connectivity index (χ2v) is 9.58. The van der Waals surface area contributed by atoms with E-state index in [-0.39, 0.29) is 35.5 Å². The Morgan fingerprint density at radius 3 is 2.65 bits per heavy atom. The zero-order valence-electron chi connectivity index (χ0n) is 19.4. The molecule has 2 aliphatic heterocycles. The van der Waals surface area contributed by atoms with E-state index in [2.05, 4.69) is 22.5 Å². The van der Waals surface area contributed by atoms with Gasteiger partial charge in [0.1, 0.15) is 17.4 Å². The van der Waals surface area contributed by atoms with Gasteiger partial charge in [0.05, 0.1) is 11.6 Å². The summed E-state index contributed by atoms with van der Waals surface area (Å²) >= 11 is 0. The molecule has 5 rings (SSSR count). The molecule has 2 heterocycles. The standard InChI is InChI=1S/C27H29F2N3O2/c1-15(23-10-5-11-30-23)32-14-21-19(8-4-9-22(21)29)25(16(32)2)27(34)31-26(20-13-24(20)33)17-6-3-7-18(28)12-17/h3-4,6-9,12,15,20,23,26,30H,5,10-11,13-14H2,1-2H3,(H,31,34)/t15?,20?,23-,26-/m1/s1. The summed E-state index contributed by atoms with van der Waals surface area (Å²) in [5, 5.41) is 6.51. The summed E-state index contributed by atoms with van der Waals surface area (Å²) in [7, 11) is 0. The van der Waals surface area contributed by atoms with Crippen LogP contribution in [-0.4, -0.2) is 35.2 Å². The molecule has 0 bridgehead atoms. The molecule has 0 radical (unpaired) electrons. The van der Waals surface area contributed by atoms with E-state index in [1.807, 2.05) is 6.92 Å². The Labute approximate surface area is 198 Å². The van der Waals surface area contributed by atoms with Gasteiger partial charge in [-0.1, -0.05) is 24.3 Å². The number of benzene rings is 2. The Hall–Kier alpha value is -3.06. The van der Waals surface area contributed by atoms with Crippen LogP contribution in [0.2, 0.25) is 0 Å². The third-order valence-corrected chi connectivity index (χ3v) is 7.48. The van der Waals surface area contributed by atoms with Crippen molar-refractivity contribution in [3.05, 3.63) is 76.5 Å². The third kappa shape index (κ3) is 4.13. The van der Waals surface area contributed by atoms with Gasteiger partial charge >= 0.3 is 0 Å². The van der Waals surface area contributed by atoms with E-state index >= 15 is 0 Å². The van der Waals surface area contributed by atoms with Crippen molar-refractivity contribution in [1.29, 1.82) is 0 Å². The molecule has 34 heavy (non-hydrogen) atoms. The van der Waals surface area contributed by atoms with Crippen LogP contribution in [0.5, 0.6) is 0 Å². The number of rotatable bonds is 6. The van der Waals surface area contributed by atoms with Gasteiger partial charge in [0.15, 0.2) is 0 Å². The monoisotopic (exact) mass is 465 g/mol. The topological polar surface area (TPSA) is 61.4 Å². The van der Waals surface area contributed by atoms with Crippen LogP contribution in [0.3, 0.4) is 0 Å². The van der Waals surface area contributed by atoms with Gasteiger partial charge in [-0.2, -0.15) is 0 Å². The lowest BCUT2D eigenvalue weighted by atomic mass is 9.90. The van der Waals surface area contributed by atoms with Crippen molar-refractivity contribution >= 4 is 17.3 Å². The van der Waals surface area contributed by atoms with Crippen molar-refractivity contribution in [2.75, 3.05) is 6.54 Å². The molecule has 0 aromatic heterocycles. The lowest BCUT2D eigenvalue weighted by molar-refractivity contribution is -0.116. The summed E-state index contributed by atoms with van der Waals surface area (Å²) in [6.45, 7) is 5.34. The van der Waals surface area contributed by atoms with Gasteiger partial charge < -0.3 is 15.5 Å². The Kier molecular flexibility index (Phi) is 5.98. The van der Waals surface area contributed by atoms with Crippen LogP contribution in [0, 0.1) is 17.6 Å². The number of Topliss-reactive ketones (excluding diaryl/α,β-unsaturated/α-hetero) is 1. The van der Waals surface area contributed by atoms with E-state index in [0.717, 1.165) is 25.1 Å². The predicted octanol–water partition coefficient (Wildman–Crippen LogP) is 4.10. The molecule has 7 heteroatoms. The second-order valence-electron chi connectivity index (χ2n) is 9.58. The van der Waals surface area contributed by atoms with Crippen molar-refractivity contribution < 1.29 is 18.4 Å². The van der Waals surface area contributed by atoms with Crippen LogP contribution in [0.4, 0.5) is 8.78 Å². The number of amides is 1. The molecule has 5 nitrogen and oxygen atoms in total. The normalized spacial score (nSPS) is 23.5. The highest BCUT2D eigenvalue weighted by atomic mass is 19.1. The molecule has 1 amide bonds. The molecule has 2 fully saturated rings. The number of carbonyl (C=O) groups excluding carboxylic acids is 2. The SMILES string of the molecule is CC1=C(C(=O)N[C@H](c2cccc(F)c2)C2CC2=O)c2cccc(F)c2CN1C(C)[C@H]1CCCN1. The van der Waals surface area contributed by atoms with Crippen molar-refractivity contribution in [2.45, 2.75) is 57.8 Å². The molecular weight excluding hydrogens is 436 g/mol. The van der Waals surface area contributed by atoms with Crippen LogP contribution >= 0.6 is 0 Å². The molecule has 2 N–H and O–H groups in total. The van der Waals surface area contributed by atoms with E-state index in [9.17, 15) is 18.4 Å². The first-order valence-corrected chi connectivity index (χ1v) is 11.9. The largest absolute Gasteiger partial charge is 0.366 e. The van der Waals surface area contributed by atoms with Crippen LogP contribution in [0.25, 0.3) is 5.57 Å². The van der Waals surface area contributed by atoms with Gasteiger partial charge in [-0.25, -0.2) is 8.78 Å². The maximum absolute atomic E-state index is 14.9. The van der Waals surface area contributed by atoms with Crippen LogP contribution in [0.15, 0.2) is 48.2 Å². The summed E-state index contributed by atoms with van der Waals surface area (Å²) in [6.07, 6.45) is 2.47.